The van der Waals surface area contributed by atoms with Gasteiger partial charge in [-0.1, -0.05) is 12.1 Å². The quantitative estimate of drug-likeness (QED) is 0.177. The van der Waals surface area contributed by atoms with Gasteiger partial charge in [-0.25, -0.2) is 22.9 Å². The third-order valence-electron chi connectivity index (χ3n) is 5.03. The summed E-state index contributed by atoms with van der Waals surface area (Å²) in [5, 5.41) is 10.4. The summed E-state index contributed by atoms with van der Waals surface area (Å²) in [6, 6.07) is 6.58. The fourth-order valence-corrected chi connectivity index (χ4v) is 4.02. The molecular formula is C25H24F3NNa2O4S. The van der Waals surface area contributed by atoms with Crippen LogP contribution in [0.25, 0.3) is 17.3 Å². The SMILES string of the molecule is CCOCCCc1cccc(-c2csc(C(=O)c3cc(F)c(/C=C(\C)C(=O)O)c(F)c3)n2)c1F.[NaH].[NaH]. The molecule has 0 bridgehead atoms. The molecule has 36 heavy (non-hydrogen) atoms. The van der Waals surface area contributed by atoms with Crippen LogP contribution in [0.3, 0.4) is 0 Å². The third-order valence-corrected chi connectivity index (χ3v) is 5.87. The van der Waals surface area contributed by atoms with E-state index in [2.05, 4.69) is 4.98 Å². The van der Waals surface area contributed by atoms with Crippen LogP contribution in [0, 0.1) is 17.5 Å². The first-order chi connectivity index (χ1) is 16.2. The molecule has 2 aromatic carbocycles. The maximum absolute atomic E-state index is 15.0. The van der Waals surface area contributed by atoms with Crippen LogP contribution in [0.4, 0.5) is 13.2 Å². The number of ether oxygens (including phenoxy) is 1. The number of thiazole rings is 1. The van der Waals surface area contributed by atoms with Crippen molar-refractivity contribution in [1.82, 2.24) is 4.98 Å². The first-order valence-corrected chi connectivity index (χ1v) is 11.4. The minimum atomic E-state index is -1.32. The average molecular weight is 538 g/mol. The molecule has 1 aromatic heterocycles. The fraction of sp³-hybridized carbons (Fsp3) is 0.240. The number of carboxylic acids is 1. The van der Waals surface area contributed by atoms with Gasteiger partial charge in [-0.05, 0) is 56.5 Å². The summed E-state index contributed by atoms with van der Waals surface area (Å²) in [6.07, 6.45) is 1.99. The summed E-state index contributed by atoms with van der Waals surface area (Å²) in [5.41, 5.74) is -0.127. The monoisotopic (exact) mass is 537 g/mol. The molecule has 182 valence electrons. The van der Waals surface area contributed by atoms with Crippen LogP contribution in [-0.2, 0) is 16.0 Å². The molecule has 5 nitrogen and oxygen atoms in total. The molecule has 0 aliphatic rings. The van der Waals surface area contributed by atoms with Crippen molar-refractivity contribution in [3.05, 3.63) is 80.4 Å². The molecule has 3 rings (SSSR count). The first-order valence-electron chi connectivity index (χ1n) is 10.5. The molecule has 0 amide bonds. The van der Waals surface area contributed by atoms with Gasteiger partial charge in [-0.3, -0.25) is 4.79 Å². The van der Waals surface area contributed by atoms with E-state index in [1.54, 1.807) is 18.2 Å². The van der Waals surface area contributed by atoms with E-state index < -0.39 is 34.8 Å². The molecule has 3 aromatic rings. The molecule has 0 aliphatic carbocycles. The predicted molar refractivity (Wildman–Crippen MR) is 138 cm³/mol. The predicted octanol–water partition coefficient (Wildman–Crippen LogP) is 4.62. The number of carbonyl (C=O) groups excluding carboxylic acids is 1. The summed E-state index contributed by atoms with van der Waals surface area (Å²) in [4.78, 5) is 27.9. The molecule has 1 heterocycles. The standard InChI is InChI=1S/C25H22F3NO4S.2Na.2H/c1-3-33-9-5-7-15-6-4-8-17(22(15)28)21-13-34-24(29-21)23(30)16-11-19(26)18(20(27)12-16)10-14(2)25(31)32;;;;/h4,6,8,10-13H,3,5,7,9H2,1-2H3,(H,31,32);;;;/b14-10+;;;;. The second-order valence-electron chi connectivity index (χ2n) is 7.43. The van der Waals surface area contributed by atoms with Crippen molar-refractivity contribution in [2.24, 2.45) is 0 Å². The van der Waals surface area contributed by atoms with Crippen LogP contribution >= 0.6 is 11.3 Å². The number of hydrogen-bond acceptors (Lipinski definition) is 5. The molecule has 1 N–H and O–H groups in total. The number of rotatable bonds is 10. The van der Waals surface area contributed by atoms with Gasteiger partial charge in [0, 0.05) is 40.9 Å². The summed E-state index contributed by atoms with van der Waals surface area (Å²) >= 11 is 0.935. The Bertz CT molecular complexity index is 1240. The number of hydrogen-bond donors (Lipinski definition) is 1. The molecule has 0 radical (unpaired) electrons. The van der Waals surface area contributed by atoms with E-state index in [9.17, 15) is 18.4 Å². The normalized spacial score (nSPS) is 11.0. The Morgan fingerprint density at radius 3 is 2.42 bits per heavy atom. The topological polar surface area (TPSA) is 76.5 Å². The van der Waals surface area contributed by atoms with Gasteiger partial charge in [-0.15, -0.1) is 11.3 Å². The summed E-state index contributed by atoms with van der Waals surface area (Å²) < 4.78 is 49.1. The van der Waals surface area contributed by atoms with Gasteiger partial charge < -0.3 is 9.84 Å². The number of halogens is 3. The maximum atomic E-state index is 15.0. The molecule has 0 unspecified atom stereocenters. The van der Waals surface area contributed by atoms with Crippen molar-refractivity contribution in [2.75, 3.05) is 13.2 Å². The van der Waals surface area contributed by atoms with Gasteiger partial charge in [0.25, 0.3) is 0 Å². The van der Waals surface area contributed by atoms with Crippen LogP contribution in [0.1, 0.15) is 46.8 Å². The van der Waals surface area contributed by atoms with E-state index in [0.29, 0.717) is 31.6 Å². The van der Waals surface area contributed by atoms with Gasteiger partial charge in [0.2, 0.25) is 5.78 Å². The molecule has 0 atom stereocenters. The van der Waals surface area contributed by atoms with Gasteiger partial charge in [-0.2, -0.15) is 0 Å². The molecule has 0 spiro atoms. The van der Waals surface area contributed by atoms with Gasteiger partial charge in [0.15, 0.2) is 5.01 Å². The van der Waals surface area contributed by atoms with E-state index in [1.807, 2.05) is 6.92 Å². The van der Waals surface area contributed by atoms with Gasteiger partial charge in [0.05, 0.1) is 5.69 Å². The molecule has 0 fully saturated rings. The Balaban J connectivity index is 0.00000324. The number of nitrogens with zero attached hydrogens (tertiary/aromatic N) is 1. The number of carbonyl (C=O) groups is 2. The Morgan fingerprint density at radius 2 is 1.81 bits per heavy atom. The Morgan fingerprint density at radius 1 is 1.14 bits per heavy atom. The van der Waals surface area contributed by atoms with E-state index in [1.165, 1.54) is 12.3 Å². The van der Waals surface area contributed by atoms with Crippen molar-refractivity contribution in [1.29, 1.82) is 0 Å². The second kappa shape index (κ2) is 15.2. The van der Waals surface area contributed by atoms with E-state index in [0.717, 1.165) is 29.5 Å². The van der Waals surface area contributed by atoms with Crippen LogP contribution in [0.2, 0.25) is 0 Å². The molecule has 0 aliphatic heterocycles. The molecule has 0 saturated heterocycles. The summed E-state index contributed by atoms with van der Waals surface area (Å²) in [6.45, 7) is 4.20. The molecule has 11 heteroatoms. The average Bonchev–Trinajstić information content (AvgIpc) is 3.29. The summed E-state index contributed by atoms with van der Waals surface area (Å²) in [7, 11) is 0. The van der Waals surface area contributed by atoms with Crippen LogP contribution < -0.4 is 0 Å². The van der Waals surface area contributed by atoms with Gasteiger partial charge in [0.1, 0.15) is 17.5 Å². The number of aryl methyl sites for hydroxylation is 1. The van der Waals surface area contributed by atoms with Crippen LogP contribution in [0.5, 0.6) is 0 Å². The van der Waals surface area contributed by atoms with E-state index >= 15 is 4.39 Å². The molecular weight excluding hydrogens is 513 g/mol. The zero-order valence-corrected chi connectivity index (χ0v) is 19.3. The van der Waals surface area contributed by atoms with Crippen LogP contribution in [-0.4, -0.2) is 94.2 Å². The number of aliphatic carboxylic acids is 1. The Kier molecular flexibility index (Phi) is 13.8. The van der Waals surface area contributed by atoms with Gasteiger partial charge >= 0.3 is 65.1 Å². The summed E-state index contributed by atoms with van der Waals surface area (Å²) in [5.74, 6) is -4.64. The van der Waals surface area contributed by atoms with Crippen molar-refractivity contribution >= 4 is 88.3 Å². The number of benzene rings is 2. The third kappa shape index (κ3) is 8.10. The second-order valence-corrected chi connectivity index (χ2v) is 8.29. The van der Waals surface area contributed by atoms with Crippen molar-refractivity contribution < 1.29 is 32.6 Å². The molecule has 0 saturated carbocycles. The first kappa shape index (κ1) is 32.7. The Labute approximate surface area is 255 Å². The zero-order valence-electron chi connectivity index (χ0n) is 18.5. The fourth-order valence-electron chi connectivity index (χ4n) is 3.24. The zero-order chi connectivity index (χ0) is 24.8. The number of ketones is 1. The number of aromatic nitrogens is 1. The van der Waals surface area contributed by atoms with Crippen molar-refractivity contribution in [2.45, 2.75) is 26.7 Å². The van der Waals surface area contributed by atoms with E-state index in [4.69, 9.17) is 9.84 Å². The van der Waals surface area contributed by atoms with Crippen LogP contribution in [0.15, 0.2) is 41.3 Å². The number of carboxylic acid groups (broad SMARTS) is 1. The Hall–Kier alpha value is -1.30. The van der Waals surface area contributed by atoms with E-state index in [-0.39, 0.29) is 86.5 Å². The minimum absolute atomic E-state index is 0. The van der Waals surface area contributed by atoms with Crippen molar-refractivity contribution in [3.8, 4) is 11.3 Å². The van der Waals surface area contributed by atoms with Crippen molar-refractivity contribution in [3.63, 3.8) is 0 Å².